The number of imide groups is 2. The molecule has 45 heavy (non-hydrogen) atoms. The molecule has 8 rings (SSSR count). The van der Waals surface area contributed by atoms with Gasteiger partial charge in [0.05, 0.1) is 35.0 Å². The molecule has 4 aliphatic carbocycles. The van der Waals surface area contributed by atoms with E-state index in [1.807, 2.05) is 60.7 Å². The third-order valence-corrected chi connectivity index (χ3v) is 12.6. The number of nitrogens with zero attached hydrogens (tertiary/aromatic N) is 2. The summed E-state index contributed by atoms with van der Waals surface area (Å²) in [7, 11) is 0. The van der Waals surface area contributed by atoms with Crippen molar-refractivity contribution in [2.24, 2.45) is 59.2 Å². The lowest BCUT2D eigenvalue weighted by Gasteiger charge is -2.28. The van der Waals surface area contributed by atoms with Crippen LogP contribution in [0.2, 0.25) is 0 Å². The summed E-state index contributed by atoms with van der Waals surface area (Å²) in [5.41, 5.74) is 3.47. The summed E-state index contributed by atoms with van der Waals surface area (Å²) in [4.78, 5) is 57.0. The Morgan fingerprint density at radius 1 is 0.556 bits per heavy atom. The van der Waals surface area contributed by atoms with Gasteiger partial charge in [0.25, 0.3) is 0 Å². The topological polar surface area (TPSA) is 74.8 Å². The van der Waals surface area contributed by atoms with Crippen LogP contribution in [0.5, 0.6) is 0 Å². The monoisotopic (exact) mass is 602 g/mol. The van der Waals surface area contributed by atoms with Crippen molar-refractivity contribution in [3.63, 3.8) is 0 Å². The van der Waals surface area contributed by atoms with Crippen molar-refractivity contribution in [3.05, 3.63) is 85.0 Å². The molecule has 4 bridgehead atoms. The van der Waals surface area contributed by atoms with E-state index in [0.717, 1.165) is 62.5 Å². The van der Waals surface area contributed by atoms with Crippen molar-refractivity contribution < 1.29 is 19.2 Å². The second-order valence-corrected chi connectivity index (χ2v) is 14.7. The fraction of sp³-hybridized carbons (Fsp3) is 0.487. The smallest absolute Gasteiger partial charge is 0.237 e. The molecule has 232 valence electrons. The average Bonchev–Trinajstić information content (AvgIpc) is 3.88. The first-order chi connectivity index (χ1) is 21.9. The molecule has 6 nitrogen and oxygen atoms in total. The number of anilines is 2. The number of allylic oxidation sites excluding steroid dienone is 2. The molecule has 10 unspecified atom stereocenters. The van der Waals surface area contributed by atoms with Gasteiger partial charge in [0, 0.05) is 0 Å². The van der Waals surface area contributed by atoms with E-state index < -0.39 is 0 Å². The summed E-state index contributed by atoms with van der Waals surface area (Å²) in [6, 6.07) is 15.6. The van der Waals surface area contributed by atoms with Crippen LogP contribution in [0.4, 0.5) is 11.4 Å². The quantitative estimate of drug-likeness (QED) is 0.223. The molecule has 0 aromatic heterocycles. The number of fused-ring (bicyclic) bond motifs is 10. The predicted octanol–water partition coefficient (Wildman–Crippen LogP) is 6.73. The highest BCUT2D eigenvalue weighted by molar-refractivity contribution is 6.23. The average molecular weight is 603 g/mol. The predicted molar refractivity (Wildman–Crippen MR) is 173 cm³/mol. The van der Waals surface area contributed by atoms with E-state index in [2.05, 4.69) is 13.2 Å². The number of hydrogen-bond acceptors (Lipinski definition) is 4. The van der Waals surface area contributed by atoms with E-state index in [4.69, 9.17) is 0 Å². The first-order valence-corrected chi connectivity index (χ1v) is 17.0. The summed E-state index contributed by atoms with van der Waals surface area (Å²) in [6.07, 6.45) is 12.8. The van der Waals surface area contributed by atoms with E-state index in [1.54, 1.807) is 0 Å². The van der Waals surface area contributed by atoms with Gasteiger partial charge in [-0.25, -0.2) is 0 Å². The highest BCUT2D eigenvalue weighted by atomic mass is 16.2. The SMILES string of the molecule is C=CCCC1CC2CC1C1C(=O)N(c3ccc(Cc4ccc(N5C(=O)C6C7CC(CCC=C)C(C7)C6C5=O)cc4)cc3)C(=O)C21. The summed E-state index contributed by atoms with van der Waals surface area (Å²) < 4.78 is 0. The molecule has 6 aliphatic rings. The fourth-order valence-corrected chi connectivity index (χ4v) is 10.8. The maximum absolute atomic E-state index is 13.6. The van der Waals surface area contributed by atoms with Crippen molar-refractivity contribution >= 4 is 35.0 Å². The molecule has 0 radical (unpaired) electrons. The number of amides is 4. The Bertz CT molecular complexity index is 1460. The molecular formula is C39H42N2O4. The van der Waals surface area contributed by atoms with Crippen molar-refractivity contribution in [2.45, 2.75) is 57.8 Å². The summed E-state index contributed by atoms with van der Waals surface area (Å²) in [5, 5.41) is 0. The van der Waals surface area contributed by atoms with Crippen molar-refractivity contribution in [1.29, 1.82) is 0 Å². The zero-order valence-corrected chi connectivity index (χ0v) is 25.9. The Labute approximate surface area is 265 Å². The first-order valence-electron chi connectivity index (χ1n) is 17.0. The minimum absolute atomic E-state index is 0.0143. The van der Waals surface area contributed by atoms with Gasteiger partial charge in [-0.3, -0.25) is 29.0 Å². The van der Waals surface area contributed by atoms with E-state index >= 15 is 0 Å². The standard InChI is InChI=1S/C39H42N2O4/c1-3-5-7-24-18-26-20-30(24)34-32(26)36(42)40(38(34)44)28-13-9-22(10-14-28)17-23-11-15-29(16-12-23)41-37(43)33-27-19-25(8-6-4-2)31(21-27)35(33)39(41)45/h3-4,9-16,24-27,30-35H,1-2,5-8,17-21H2. The van der Waals surface area contributed by atoms with E-state index in [1.165, 1.54) is 9.80 Å². The molecule has 6 fully saturated rings. The molecule has 2 aliphatic heterocycles. The highest BCUT2D eigenvalue weighted by Gasteiger charge is 2.64. The molecule has 4 saturated carbocycles. The lowest BCUT2D eigenvalue weighted by atomic mass is 9.74. The second-order valence-electron chi connectivity index (χ2n) is 14.7. The molecule has 2 saturated heterocycles. The molecule has 4 amide bonds. The summed E-state index contributed by atoms with van der Waals surface area (Å²) in [6.45, 7) is 7.71. The van der Waals surface area contributed by atoms with Gasteiger partial charge >= 0.3 is 0 Å². The lowest BCUT2D eigenvalue weighted by Crippen LogP contribution is -2.33. The Kier molecular flexibility index (Phi) is 6.96. The molecule has 2 aromatic rings. The zero-order chi connectivity index (χ0) is 31.0. The Hall–Kier alpha value is -3.80. The molecule has 6 heteroatoms. The van der Waals surface area contributed by atoms with Crippen LogP contribution in [-0.2, 0) is 25.6 Å². The second kappa shape index (κ2) is 10.9. The van der Waals surface area contributed by atoms with Gasteiger partial charge in [0.2, 0.25) is 23.6 Å². The van der Waals surface area contributed by atoms with E-state index in [-0.39, 0.29) is 47.3 Å². The van der Waals surface area contributed by atoms with Crippen molar-refractivity contribution in [3.8, 4) is 0 Å². The van der Waals surface area contributed by atoms with Crippen molar-refractivity contribution in [1.82, 2.24) is 0 Å². The third-order valence-electron chi connectivity index (χ3n) is 12.6. The maximum Gasteiger partial charge on any atom is 0.237 e. The minimum Gasteiger partial charge on any atom is -0.274 e. The largest absolute Gasteiger partial charge is 0.274 e. The van der Waals surface area contributed by atoms with Crippen LogP contribution in [0.1, 0.15) is 62.5 Å². The Balaban J connectivity index is 0.927. The van der Waals surface area contributed by atoms with Crippen LogP contribution in [0.15, 0.2) is 73.8 Å². The molecular weight excluding hydrogens is 560 g/mol. The molecule has 2 heterocycles. The first kappa shape index (κ1) is 28.7. The maximum atomic E-state index is 13.6. The zero-order valence-electron chi connectivity index (χ0n) is 25.9. The van der Waals surface area contributed by atoms with Crippen LogP contribution in [0.3, 0.4) is 0 Å². The molecule has 10 atom stereocenters. The number of hydrogen-bond donors (Lipinski definition) is 0. The van der Waals surface area contributed by atoms with Gasteiger partial charge in [-0.2, -0.15) is 0 Å². The lowest BCUT2D eigenvalue weighted by molar-refractivity contribution is -0.124. The van der Waals surface area contributed by atoms with Crippen LogP contribution in [0, 0.1) is 59.2 Å². The summed E-state index contributed by atoms with van der Waals surface area (Å²) in [5.74, 6) is 1.68. The third kappa shape index (κ3) is 4.34. The fourth-order valence-electron chi connectivity index (χ4n) is 10.8. The van der Waals surface area contributed by atoms with Gasteiger partial charge in [-0.05, 0) is 129 Å². The van der Waals surface area contributed by atoms with E-state index in [0.29, 0.717) is 53.3 Å². The highest BCUT2D eigenvalue weighted by Crippen LogP contribution is 2.61. The summed E-state index contributed by atoms with van der Waals surface area (Å²) >= 11 is 0. The van der Waals surface area contributed by atoms with Crippen LogP contribution in [-0.4, -0.2) is 23.6 Å². The minimum atomic E-state index is -0.160. The van der Waals surface area contributed by atoms with E-state index in [9.17, 15) is 19.2 Å². The number of benzene rings is 2. The number of carbonyl (C=O) groups is 4. The molecule has 2 aromatic carbocycles. The van der Waals surface area contributed by atoms with Gasteiger partial charge in [-0.15, -0.1) is 13.2 Å². The van der Waals surface area contributed by atoms with Gasteiger partial charge in [0.1, 0.15) is 0 Å². The molecule has 0 N–H and O–H groups in total. The van der Waals surface area contributed by atoms with Gasteiger partial charge < -0.3 is 0 Å². The Morgan fingerprint density at radius 2 is 0.933 bits per heavy atom. The number of carbonyl (C=O) groups excluding carboxylic acids is 4. The van der Waals surface area contributed by atoms with Crippen molar-refractivity contribution in [2.75, 3.05) is 9.80 Å². The normalized spacial score (nSPS) is 35.9. The van der Waals surface area contributed by atoms with Crippen LogP contribution >= 0.6 is 0 Å². The number of rotatable bonds is 10. The van der Waals surface area contributed by atoms with Gasteiger partial charge in [-0.1, -0.05) is 36.4 Å². The molecule has 0 spiro atoms. The van der Waals surface area contributed by atoms with Crippen LogP contribution < -0.4 is 9.80 Å². The van der Waals surface area contributed by atoms with Gasteiger partial charge in [0.15, 0.2) is 0 Å². The van der Waals surface area contributed by atoms with Crippen LogP contribution in [0.25, 0.3) is 0 Å². The Morgan fingerprint density at radius 3 is 1.31 bits per heavy atom.